The molecule has 5 rings (SSSR count). The van der Waals surface area contributed by atoms with Crippen LogP contribution in [0.15, 0.2) is 71.9 Å². The van der Waals surface area contributed by atoms with Gasteiger partial charge in [-0.2, -0.15) is 0 Å². The first-order valence-corrected chi connectivity index (χ1v) is 10.2. The monoisotopic (exact) mass is 397 g/mol. The highest BCUT2D eigenvalue weighted by Crippen LogP contribution is 2.39. The highest BCUT2D eigenvalue weighted by molar-refractivity contribution is 6.07. The number of anilines is 1. The summed E-state index contributed by atoms with van der Waals surface area (Å²) in [4.78, 5) is 27.5. The maximum Gasteiger partial charge on any atom is 0.322 e. The van der Waals surface area contributed by atoms with E-state index < -0.39 is 6.04 Å². The second kappa shape index (κ2) is 7.02. The molecule has 150 valence electrons. The summed E-state index contributed by atoms with van der Waals surface area (Å²) in [5.41, 5.74) is 5.55. The fourth-order valence-corrected chi connectivity index (χ4v) is 4.60. The smallest absolute Gasteiger partial charge is 0.322 e. The summed E-state index contributed by atoms with van der Waals surface area (Å²) < 4.78 is 0. The number of hydrogen-bond acceptors (Lipinski definition) is 2. The van der Waals surface area contributed by atoms with Crippen LogP contribution in [0.25, 0.3) is 10.8 Å². The molecule has 0 saturated heterocycles. The molecule has 0 saturated carbocycles. The largest absolute Gasteiger partial charge is 0.326 e. The van der Waals surface area contributed by atoms with Crippen LogP contribution in [-0.2, 0) is 17.6 Å². The highest BCUT2D eigenvalue weighted by Gasteiger charge is 2.35. The van der Waals surface area contributed by atoms with Crippen molar-refractivity contribution in [2.75, 3.05) is 12.4 Å². The molecule has 1 aliphatic carbocycles. The van der Waals surface area contributed by atoms with Gasteiger partial charge < -0.3 is 15.5 Å². The van der Waals surface area contributed by atoms with E-state index in [2.05, 4.69) is 41.0 Å². The average molecular weight is 397 g/mol. The Morgan fingerprint density at radius 1 is 1.00 bits per heavy atom. The van der Waals surface area contributed by atoms with Crippen molar-refractivity contribution in [1.29, 1.82) is 0 Å². The molecule has 0 radical (unpaired) electrons. The lowest BCUT2D eigenvalue weighted by Crippen LogP contribution is -2.46. The molecule has 0 spiro atoms. The zero-order valence-electron chi connectivity index (χ0n) is 17.0. The van der Waals surface area contributed by atoms with E-state index in [1.807, 2.05) is 37.3 Å². The Balaban J connectivity index is 1.64. The molecule has 1 unspecified atom stereocenters. The maximum absolute atomic E-state index is 13.3. The Labute approximate surface area is 175 Å². The minimum Gasteiger partial charge on any atom is -0.326 e. The van der Waals surface area contributed by atoms with Gasteiger partial charge in [0.1, 0.15) is 0 Å². The van der Waals surface area contributed by atoms with Crippen molar-refractivity contribution >= 4 is 28.4 Å². The van der Waals surface area contributed by atoms with Crippen LogP contribution in [0, 0.1) is 0 Å². The summed E-state index contributed by atoms with van der Waals surface area (Å²) in [7, 11) is 1.68. The lowest BCUT2D eigenvalue weighted by atomic mass is 9.89. The van der Waals surface area contributed by atoms with Gasteiger partial charge in [0.15, 0.2) is 0 Å². The number of urea groups is 1. The normalized spacial score (nSPS) is 18.0. The van der Waals surface area contributed by atoms with Gasteiger partial charge in [0, 0.05) is 18.4 Å². The van der Waals surface area contributed by atoms with Gasteiger partial charge in [-0.1, -0.05) is 48.5 Å². The first-order chi connectivity index (χ1) is 14.5. The van der Waals surface area contributed by atoms with E-state index in [9.17, 15) is 9.59 Å². The molecule has 0 bridgehead atoms. The van der Waals surface area contributed by atoms with Crippen LogP contribution >= 0.6 is 0 Å². The van der Waals surface area contributed by atoms with Crippen LogP contribution in [0.4, 0.5) is 10.5 Å². The number of allylic oxidation sites excluding steroid dienone is 1. The Morgan fingerprint density at radius 3 is 2.50 bits per heavy atom. The van der Waals surface area contributed by atoms with Crippen molar-refractivity contribution in [3.05, 3.63) is 88.6 Å². The predicted octanol–water partition coefficient (Wildman–Crippen LogP) is 4.55. The molecule has 1 atom stereocenters. The van der Waals surface area contributed by atoms with Crippen LogP contribution in [0.5, 0.6) is 0 Å². The van der Waals surface area contributed by atoms with Crippen molar-refractivity contribution in [3.8, 4) is 0 Å². The van der Waals surface area contributed by atoms with Crippen molar-refractivity contribution < 1.29 is 9.59 Å². The Kier molecular flexibility index (Phi) is 4.31. The Hall–Kier alpha value is -3.60. The van der Waals surface area contributed by atoms with Gasteiger partial charge in [0.05, 0.1) is 11.6 Å². The standard InChI is InChI=1S/C25H23N3O2/c1-15-21(24(29)26-18-8-4-3-5-9-18)23(27-25(30)28(15)2)20-14-13-17-12-11-16-7-6-10-19(20)22(16)17/h3-10,13-14,23H,11-12H2,1-2H3,(H,26,29)(H,27,30). The third kappa shape index (κ3) is 2.86. The highest BCUT2D eigenvalue weighted by atomic mass is 16.2. The van der Waals surface area contributed by atoms with Gasteiger partial charge in [-0.15, -0.1) is 0 Å². The lowest BCUT2D eigenvalue weighted by Gasteiger charge is -2.34. The molecular formula is C25H23N3O2. The predicted molar refractivity (Wildman–Crippen MR) is 118 cm³/mol. The first kappa shape index (κ1) is 18.4. The molecule has 5 heteroatoms. The summed E-state index contributed by atoms with van der Waals surface area (Å²) in [6.07, 6.45) is 2.07. The number of aryl methyl sites for hydroxylation is 2. The third-order valence-electron chi connectivity index (χ3n) is 6.25. The molecular weight excluding hydrogens is 374 g/mol. The average Bonchev–Trinajstić information content (AvgIpc) is 3.18. The van der Waals surface area contributed by atoms with E-state index in [0.717, 1.165) is 29.5 Å². The van der Waals surface area contributed by atoms with Crippen molar-refractivity contribution in [3.63, 3.8) is 0 Å². The quantitative estimate of drug-likeness (QED) is 0.681. The van der Waals surface area contributed by atoms with Gasteiger partial charge in [-0.3, -0.25) is 4.79 Å². The topological polar surface area (TPSA) is 61.4 Å². The Morgan fingerprint density at radius 2 is 1.73 bits per heavy atom. The molecule has 0 aromatic heterocycles. The fourth-order valence-electron chi connectivity index (χ4n) is 4.60. The van der Waals surface area contributed by atoms with Gasteiger partial charge in [0.2, 0.25) is 0 Å². The summed E-state index contributed by atoms with van der Waals surface area (Å²) >= 11 is 0. The van der Waals surface area contributed by atoms with Crippen LogP contribution in [-0.4, -0.2) is 23.9 Å². The van der Waals surface area contributed by atoms with Crippen LogP contribution < -0.4 is 10.6 Å². The molecule has 3 aromatic carbocycles. The number of amides is 3. The van der Waals surface area contributed by atoms with Crippen LogP contribution in [0.1, 0.15) is 29.7 Å². The number of carbonyl (C=O) groups is 2. The molecule has 1 heterocycles. The molecule has 3 aromatic rings. The van der Waals surface area contributed by atoms with E-state index in [0.29, 0.717) is 11.3 Å². The summed E-state index contributed by atoms with van der Waals surface area (Å²) in [5.74, 6) is -0.209. The number of para-hydroxylation sites is 1. The van der Waals surface area contributed by atoms with Gasteiger partial charge in [-0.25, -0.2) is 4.79 Å². The summed E-state index contributed by atoms with van der Waals surface area (Å²) in [6.45, 7) is 1.83. The molecule has 30 heavy (non-hydrogen) atoms. The van der Waals surface area contributed by atoms with Gasteiger partial charge in [0.25, 0.3) is 5.91 Å². The van der Waals surface area contributed by atoms with E-state index in [1.54, 1.807) is 7.05 Å². The number of nitrogens with zero attached hydrogens (tertiary/aromatic N) is 1. The molecule has 0 fully saturated rings. The Bertz CT molecular complexity index is 1200. The van der Waals surface area contributed by atoms with E-state index in [-0.39, 0.29) is 11.9 Å². The second-order valence-electron chi connectivity index (χ2n) is 7.91. The van der Waals surface area contributed by atoms with Gasteiger partial charge >= 0.3 is 6.03 Å². The zero-order valence-corrected chi connectivity index (χ0v) is 17.0. The maximum atomic E-state index is 13.3. The van der Waals surface area contributed by atoms with Crippen molar-refractivity contribution in [2.24, 2.45) is 0 Å². The fraction of sp³-hybridized carbons (Fsp3) is 0.200. The molecule has 1 aliphatic heterocycles. The lowest BCUT2D eigenvalue weighted by molar-refractivity contribution is -0.113. The number of rotatable bonds is 3. The third-order valence-corrected chi connectivity index (χ3v) is 6.25. The second-order valence-corrected chi connectivity index (χ2v) is 7.91. The van der Waals surface area contributed by atoms with E-state index in [4.69, 9.17) is 0 Å². The first-order valence-electron chi connectivity index (χ1n) is 10.2. The van der Waals surface area contributed by atoms with E-state index in [1.165, 1.54) is 21.4 Å². The number of benzene rings is 3. The van der Waals surface area contributed by atoms with Crippen LogP contribution in [0.3, 0.4) is 0 Å². The van der Waals surface area contributed by atoms with Gasteiger partial charge in [-0.05, 0) is 59.4 Å². The molecule has 2 N–H and O–H groups in total. The number of nitrogens with one attached hydrogen (secondary N) is 2. The van der Waals surface area contributed by atoms with Crippen LogP contribution in [0.2, 0.25) is 0 Å². The molecule has 2 aliphatic rings. The minimum absolute atomic E-state index is 0.209. The molecule has 5 nitrogen and oxygen atoms in total. The minimum atomic E-state index is -0.512. The SMILES string of the molecule is CC1=C(C(=O)Nc2ccccc2)C(c2ccc3c4c(cccc24)CC3)NC(=O)N1C. The zero-order chi connectivity index (χ0) is 20.8. The van der Waals surface area contributed by atoms with Crippen molar-refractivity contribution in [2.45, 2.75) is 25.8 Å². The summed E-state index contributed by atoms with van der Waals surface area (Å²) in [6, 6.07) is 19.2. The number of carbonyl (C=O) groups excluding carboxylic acids is 2. The van der Waals surface area contributed by atoms with E-state index >= 15 is 0 Å². The summed E-state index contributed by atoms with van der Waals surface area (Å²) in [5, 5.41) is 8.41. The number of hydrogen-bond donors (Lipinski definition) is 2. The molecule has 3 amide bonds. The van der Waals surface area contributed by atoms with Crippen molar-refractivity contribution in [1.82, 2.24) is 10.2 Å².